The van der Waals surface area contributed by atoms with Gasteiger partial charge in [-0.1, -0.05) is 66.2 Å². The molecule has 0 aliphatic carbocycles. The molecule has 10 nitrogen and oxygen atoms in total. The molecule has 1 aromatic heterocycles. The fourth-order valence-electron chi connectivity index (χ4n) is 6.57. The van der Waals surface area contributed by atoms with Crippen molar-refractivity contribution >= 4 is 44.2 Å². The molecule has 2 heterocycles. The molecule has 1 saturated heterocycles. The van der Waals surface area contributed by atoms with Crippen LogP contribution in [0, 0.1) is 0 Å². The Morgan fingerprint density at radius 2 is 1.49 bits per heavy atom. The lowest BCUT2D eigenvalue weighted by Crippen LogP contribution is -2.57. The number of carbonyl (C=O) groups is 1. The SMILES string of the molecule is CN(C)CCn1c(C(=O)N2CCN(c3ccccc3Cl)CC2OS(C)(=O)=O)c(C(c2ccc(O)cc2)c2ccc(O)cc2)c2ccccc21. The van der Waals surface area contributed by atoms with Gasteiger partial charge in [0.2, 0.25) is 0 Å². The van der Waals surface area contributed by atoms with Crippen molar-refractivity contribution in [2.24, 2.45) is 0 Å². The first-order valence-corrected chi connectivity index (χ1v) is 18.1. The lowest BCUT2D eigenvalue weighted by atomic mass is 9.83. The summed E-state index contributed by atoms with van der Waals surface area (Å²) in [5.41, 5.74) is 4.34. The van der Waals surface area contributed by atoms with Crippen molar-refractivity contribution in [2.45, 2.75) is 18.7 Å². The number of hydrogen-bond acceptors (Lipinski definition) is 8. The second-order valence-corrected chi connectivity index (χ2v) is 14.5. The number of likely N-dealkylation sites (N-methyl/N-ethyl adjacent to an activating group) is 1. The van der Waals surface area contributed by atoms with E-state index in [9.17, 15) is 18.6 Å². The lowest BCUT2D eigenvalue weighted by Gasteiger charge is -2.41. The van der Waals surface area contributed by atoms with Gasteiger partial charge in [0.1, 0.15) is 17.2 Å². The summed E-state index contributed by atoms with van der Waals surface area (Å²) >= 11 is 6.53. The number of para-hydroxylation sites is 2. The average molecular weight is 703 g/mol. The maximum atomic E-state index is 15.2. The third-order valence-corrected chi connectivity index (χ3v) is 9.69. The highest BCUT2D eigenvalue weighted by Crippen LogP contribution is 2.42. The van der Waals surface area contributed by atoms with E-state index in [0.29, 0.717) is 30.4 Å². The zero-order valence-electron chi connectivity index (χ0n) is 27.5. The number of rotatable bonds is 10. The number of nitrogens with zero attached hydrogens (tertiary/aromatic N) is 4. The molecule has 1 aliphatic heterocycles. The van der Waals surface area contributed by atoms with Crippen LogP contribution in [0.4, 0.5) is 5.69 Å². The van der Waals surface area contributed by atoms with Crippen LogP contribution in [0.5, 0.6) is 11.5 Å². The molecule has 1 aliphatic rings. The largest absolute Gasteiger partial charge is 0.508 e. The highest BCUT2D eigenvalue weighted by Gasteiger charge is 2.39. The number of fused-ring (bicyclic) bond motifs is 1. The molecule has 1 atom stereocenters. The molecule has 4 aromatic carbocycles. The summed E-state index contributed by atoms with van der Waals surface area (Å²) in [5.74, 6) is -0.658. The van der Waals surface area contributed by atoms with Crippen LogP contribution < -0.4 is 4.90 Å². The number of phenols is 2. The van der Waals surface area contributed by atoms with Crippen LogP contribution in [0.1, 0.15) is 33.1 Å². The number of aromatic hydroxyl groups is 2. The maximum Gasteiger partial charge on any atom is 0.273 e. The second-order valence-electron chi connectivity index (χ2n) is 12.5. The number of carbonyl (C=O) groups excluding carboxylic acids is 1. The number of phenolic OH excluding ortho intramolecular Hbond substituents is 2. The van der Waals surface area contributed by atoms with E-state index in [1.165, 1.54) is 4.90 Å². The molecule has 12 heteroatoms. The summed E-state index contributed by atoms with van der Waals surface area (Å²) in [4.78, 5) is 20.7. The van der Waals surface area contributed by atoms with Crippen molar-refractivity contribution in [3.05, 3.63) is 124 Å². The standard InChI is InChI=1S/C37H39ClN4O6S/c1-39(2)20-22-41-31-10-6-4-8-29(31)35(34(25-12-16-27(43)17-13-25)26-14-18-28(44)19-15-26)36(41)37(45)42-23-21-40(24-33(42)48-49(3,46)47)32-11-7-5-9-30(32)38/h4-19,33-34,43-44H,20-24H2,1-3H3. The maximum absolute atomic E-state index is 15.2. The van der Waals surface area contributed by atoms with Crippen LogP contribution in [-0.2, 0) is 20.8 Å². The normalized spacial score (nSPS) is 15.4. The predicted octanol–water partition coefficient (Wildman–Crippen LogP) is 5.71. The fraction of sp³-hybridized carbons (Fsp3) is 0.270. The van der Waals surface area contributed by atoms with E-state index in [1.807, 2.05) is 95.2 Å². The van der Waals surface area contributed by atoms with Gasteiger partial charge < -0.3 is 29.5 Å². The van der Waals surface area contributed by atoms with Crippen molar-refractivity contribution < 1.29 is 27.6 Å². The van der Waals surface area contributed by atoms with Crippen molar-refractivity contribution in [2.75, 3.05) is 51.4 Å². The van der Waals surface area contributed by atoms with E-state index in [0.717, 1.165) is 39.5 Å². The third kappa shape index (κ3) is 7.40. The molecular weight excluding hydrogens is 664 g/mol. The molecule has 1 amide bonds. The minimum atomic E-state index is -3.98. The number of piperazine rings is 1. The molecule has 0 spiro atoms. The molecule has 49 heavy (non-hydrogen) atoms. The van der Waals surface area contributed by atoms with Crippen LogP contribution in [0.2, 0.25) is 5.02 Å². The molecule has 1 fully saturated rings. The summed E-state index contributed by atoms with van der Waals surface area (Å²) in [5, 5.41) is 21.7. The Labute approximate surface area is 291 Å². The van der Waals surface area contributed by atoms with Gasteiger partial charge in [-0.2, -0.15) is 8.42 Å². The van der Waals surface area contributed by atoms with Crippen LogP contribution in [0.3, 0.4) is 0 Å². The van der Waals surface area contributed by atoms with Gasteiger partial charge in [-0.05, 0) is 67.7 Å². The zero-order valence-corrected chi connectivity index (χ0v) is 29.1. The smallest absolute Gasteiger partial charge is 0.273 e. The first kappa shape index (κ1) is 34.3. The Balaban J connectivity index is 1.56. The van der Waals surface area contributed by atoms with Gasteiger partial charge in [-0.15, -0.1) is 0 Å². The fourth-order valence-corrected chi connectivity index (χ4v) is 7.40. The van der Waals surface area contributed by atoms with E-state index >= 15 is 4.79 Å². The second kappa shape index (κ2) is 14.1. The van der Waals surface area contributed by atoms with Gasteiger partial charge in [-0.25, -0.2) is 4.18 Å². The molecular formula is C37H39ClN4O6S. The number of amides is 1. The highest BCUT2D eigenvalue weighted by atomic mass is 35.5. The predicted molar refractivity (Wildman–Crippen MR) is 192 cm³/mol. The van der Waals surface area contributed by atoms with E-state index in [2.05, 4.69) is 0 Å². The molecule has 0 saturated carbocycles. The molecule has 1 unspecified atom stereocenters. The Morgan fingerprint density at radius 1 is 0.898 bits per heavy atom. The van der Waals surface area contributed by atoms with E-state index in [1.54, 1.807) is 30.3 Å². The number of hydrogen-bond donors (Lipinski definition) is 2. The van der Waals surface area contributed by atoms with E-state index in [4.69, 9.17) is 15.8 Å². The molecule has 256 valence electrons. The van der Waals surface area contributed by atoms with Gasteiger partial charge >= 0.3 is 0 Å². The first-order valence-electron chi connectivity index (χ1n) is 15.9. The van der Waals surface area contributed by atoms with Crippen molar-refractivity contribution in [1.29, 1.82) is 0 Å². The molecule has 2 N–H and O–H groups in total. The van der Waals surface area contributed by atoms with Gasteiger partial charge in [-0.3, -0.25) is 4.79 Å². The third-order valence-electron chi connectivity index (χ3n) is 8.80. The van der Waals surface area contributed by atoms with Crippen LogP contribution in [-0.4, -0.2) is 91.7 Å². The van der Waals surface area contributed by atoms with Crippen molar-refractivity contribution in [3.8, 4) is 11.5 Å². The quantitative estimate of drug-likeness (QED) is 0.178. The van der Waals surface area contributed by atoms with E-state index < -0.39 is 22.3 Å². The van der Waals surface area contributed by atoms with E-state index in [-0.39, 0.29) is 30.5 Å². The Hall–Kier alpha value is -4.55. The lowest BCUT2D eigenvalue weighted by molar-refractivity contribution is 0.0190. The minimum Gasteiger partial charge on any atom is -0.508 e. The van der Waals surface area contributed by atoms with Gasteiger partial charge in [0.25, 0.3) is 16.0 Å². The number of halogens is 1. The highest BCUT2D eigenvalue weighted by molar-refractivity contribution is 7.86. The van der Waals surface area contributed by atoms with Gasteiger partial charge in [0.15, 0.2) is 6.23 Å². The van der Waals surface area contributed by atoms with Crippen LogP contribution in [0.15, 0.2) is 97.1 Å². The van der Waals surface area contributed by atoms with Gasteiger partial charge in [0.05, 0.1) is 23.5 Å². The summed E-state index contributed by atoms with van der Waals surface area (Å²) < 4.78 is 33.0. The monoisotopic (exact) mass is 702 g/mol. The molecule has 0 radical (unpaired) electrons. The molecule has 6 rings (SSSR count). The number of aromatic nitrogens is 1. The number of benzene rings is 4. The first-order chi connectivity index (χ1) is 23.4. The zero-order chi connectivity index (χ0) is 34.9. The minimum absolute atomic E-state index is 0.0785. The number of anilines is 1. The summed E-state index contributed by atoms with van der Waals surface area (Å²) in [6.45, 7) is 1.75. The summed E-state index contributed by atoms with van der Waals surface area (Å²) in [7, 11) is -0.0473. The Morgan fingerprint density at radius 3 is 2.08 bits per heavy atom. The van der Waals surface area contributed by atoms with Crippen LogP contribution >= 0.6 is 11.6 Å². The average Bonchev–Trinajstić information content (AvgIpc) is 3.38. The van der Waals surface area contributed by atoms with Gasteiger partial charge in [0, 0.05) is 48.6 Å². The van der Waals surface area contributed by atoms with Crippen molar-refractivity contribution in [3.63, 3.8) is 0 Å². The molecule has 0 bridgehead atoms. The molecule has 5 aromatic rings. The Bertz CT molecular complexity index is 2020. The van der Waals surface area contributed by atoms with Crippen molar-refractivity contribution in [1.82, 2.24) is 14.4 Å². The van der Waals surface area contributed by atoms with Crippen LogP contribution in [0.25, 0.3) is 10.9 Å². The summed E-state index contributed by atoms with van der Waals surface area (Å²) in [6, 6.07) is 28.9. The summed E-state index contributed by atoms with van der Waals surface area (Å²) in [6.07, 6.45) is -0.156. The topological polar surface area (TPSA) is 116 Å². The Kier molecular flexibility index (Phi) is 9.89.